The monoisotopic (exact) mass is 498 g/mol. The number of carbonyl (C=O) groups excluding carboxylic acids is 1. The Morgan fingerprint density at radius 3 is 2.06 bits per heavy atom. The Hall–Kier alpha value is -3.61. The van der Waals surface area contributed by atoms with Crippen LogP contribution in [0.4, 0.5) is 17.3 Å². The van der Waals surface area contributed by atoms with E-state index in [2.05, 4.69) is 25.3 Å². The fourth-order valence-corrected chi connectivity index (χ4v) is 4.38. The molecular formula is C22H22N6O4S2. The molecule has 176 valence electrons. The highest BCUT2D eigenvalue weighted by molar-refractivity contribution is 7.92. The Balaban J connectivity index is 1.32. The number of hydrogen-bond donors (Lipinski definition) is 3. The number of thiocarbonyl (C=S) groups is 1. The Kier molecular flexibility index (Phi) is 7.30. The van der Waals surface area contributed by atoms with Gasteiger partial charge in [-0.25, -0.2) is 23.1 Å². The third kappa shape index (κ3) is 6.04. The molecule has 0 radical (unpaired) electrons. The summed E-state index contributed by atoms with van der Waals surface area (Å²) >= 11 is 5.34. The Labute approximate surface area is 202 Å². The van der Waals surface area contributed by atoms with Crippen LogP contribution >= 0.6 is 12.2 Å². The number of sulfonamides is 1. The first-order valence-corrected chi connectivity index (χ1v) is 12.2. The van der Waals surface area contributed by atoms with Crippen LogP contribution in [0, 0.1) is 0 Å². The lowest BCUT2D eigenvalue weighted by molar-refractivity contribution is 0.0303. The molecule has 0 aliphatic carbocycles. The van der Waals surface area contributed by atoms with Crippen LogP contribution in [0.5, 0.6) is 0 Å². The van der Waals surface area contributed by atoms with Gasteiger partial charge in [0.15, 0.2) is 5.11 Å². The number of ether oxygens (including phenoxy) is 1. The summed E-state index contributed by atoms with van der Waals surface area (Å²) in [4.78, 5) is 22.1. The van der Waals surface area contributed by atoms with Crippen LogP contribution < -0.4 is 15.4 Å². The number of morpholine rings is 1. The standard InChI is InChI=1S/C22H22N6O4S2/c29-20(28-12-14-32-15-13-28)16-2-4-17(5-3-16)25-22(33)26-18-6-8-19(9-7-18)34(30,31)27-21-23-10-1-11-24-21/h1-11H,12-15H2,(H,23,24,27)(H2,25,26,33). The minimum atomic E-state index is -3.82. The van der Waals surface area contributed by atoms with Gasteiger partial charge < -0.3 is 20.3 Å². The van der Waals surface area contributed by atoms with E-state index in [1.807, 2.05) is 0 Å². The number of benzene rings is 2. The van der Waals surface area contributed by atoms with E-state index in [9.17, 15) is 13.2 Å². The first-order valence-electron chi connectivity index (χ1n) is 10.4. The molecule has 1 aliphatic rings. The maximum Gasteiger partial charge on any atom is 0.264 e. The van der Waals surface area contributed by atoms with Crippen molar-refractivity contribution < 1.29 is 17.9 Å². The van der Waals surface area contributed by atoms with Gasteiger partial charge in [-0.15, -0.1) is 0 Å². The average molecular weight is 499 g/mol. The number of nitrogens with zero attached hydrogens (tertiary/aromatic N) is 3. The lowest BCUT2D eigenvalue weighted by atomic mass is 10.1. The van der Waals surface area contributed by atoms with Gasteiger partial charge in [-0.3, -0.25) is 4.79 Å². The number of rotatable bonds is 6. The van der Waals surface area contributed by atoms with E-state index < -0.39 is 10.0 Å². The molecule has 12 heteroatoms. The summed E-state index contributed by atoms with van der Waals surface area (Å²) in [6.45, 7) is 2.28. The minimum absolute atomic E-state index is 0.00672. The normalized spacial score (nSPS) is 13.7. The van der Waals surface area contributed by atoms with Crippen molar-refractivity contribution in [3.05, 3.63) is 72.6 Å². The van der Waals surface area contributed by atoms with E-state index in [0.717, 1.165) is 0 Å². The minimum Gasteiger partial charge on any atom is -0.378 e. The zero-order chi connectivity index (χ0) is 24.0. The summed E-state index contributed by atoms with van der Waals surface area (Å²) < 4.78 is 32.5. The molecule has 1 fully saturated rings. The highest BCUT2D eigenvalue weighted by atomic mass is 32.2. The third-order valence-corrected chi connectivity index (χ3v) is 6.45. The Morgan fingerprint density at radius 1 is 0.912 bits per heavy atom. The SMILES string of the molecule is O=C(c1ccc(NC(=S)Nc2ccc(S(=O)(=O)Nc3ncccn3)cc2)cc1)N1CCOCC1. The van der Waals surface area contributed by atoms with Crippen LogP contribution in [-0.4, -0.2) is 60.6 Å². The molecule has 0 atom stereocenters. The van der Waals surface area contributed by atoms with Gasteiger partial charge in [-0.2, -0.15) is 0 Å². The molecule has 0 saturated carbocycles. The Bertz CT molecular complexity index is 1250. The zero-order valence-corrected chi connectivity index (χ0v) is 19.6. The summed E-state index contributed by atoms with van der Waals surface area (Å²) in [5.74, 6) is -0.0355. The Morgan fingerprint density at radius 2 is 1.47 bits per heavy atom. The topological polar surface area (TPSA) is 126 Å². The molecule has 3 N–H and O–H groups in total. The van der Waals surface area contributed by atoms with Gasteiger partial charge in [0.1, 0.15) is 0 Å². The molecule has 34 heavy (non-hydrogen) atoms. The molecule has 2 aromatic carbocycles. The number of anilines is 3. The van der Waals surface area contributed by atoms with Gasteiger partial charge >= 0.3 is 0 Å². The molecule has 1 aliphatic heterocycles. The van der Waals surface area contributed by atoms with Crippen LogP contribution in [0.15, 0.2) is 71.9 Å². The second kappa shape index (κ2) is 10.5. The molecule has 3 aromatic rings. The molecule has 2 heterocycles. The smallest absolute Gasteiger partial charge is 0.264 e. The summed E-state index contributed by atoms with van der Waals surface area (Å²) in [7, 11) is -3.82. The molecule has 10 nitrogen and oxygen atoms in total. The van der Waals surface area contributed by atoms with Crippen LogP contribution in [-0.2, 0) is 14.8 Å². The second-order valence-corrected chi connectivity index (χ2v) is 9.35. The zero-order valence-electron chi connectivity index (χ0n) is 18.0. The van der Waals surface area contributed by atoms with Crippen molar-refractivity contribution in [2.45, 2.75) is 4.90 Å². The largest absolute Gasteiger partial charge is 0.378 e. The van der Waals surface area contributed by atoms with Crippen molar-refractivity contribution >= 4 is 50.6 Å². The molecule has 4 rings (SSSR count). The molecule has 0 unspecified atom stereocenters. The first-order chi connectivity index (χ1) is 16.4. The summed E-state index contributed by atoms with van der Waals surface area (Å²) in [6.07, 6.45) is 2.89. The fraction of sp³-hybridized carbons (Fsp3) is 0.182. The summed E-state index contributed by atoms with van der Waals surface area (Å²) in [5.41, 5.74) is 1.91. The summed E-state index contributed by atoms with van der Waals surface area (Å²) in [5, 5.41) is 6.36. The van der Waals surface area contributed by atoms with E-state index in [1.54, 1.807) is 47.4 Å². The van der Waals surface area contributed by atoms with Crippen molar-refractivity contribution in [2.24, 2.45) is 0 Å². The van der Waals surface area contributed by atoms with E-state index >= 15 is 0 Å². The van der Waals surface area contributed by atoms with Gasteiger partial charge in [0, 0.05) is 42.4 Å². The molecule has 1 saturated heterocycles. The molecule has 1 amide bonds. The van der Waals surface area contributed by atoms with Crippen LogP contribution in [0.1, 0.15) is 10.4 Å². The van der Waals surface area contributed by atoms with E-state index in [0.29, 0.717) is 48.4 Å². The molecule has 0 bridgehead atoms. The van der Waals surface area contributed by atoms with Crippen molar-refractivity contribution in [2.75, 3.05) is 41.7 Å². The lowest BCUT2D eigenvalue weighted by Crippen LogP contribution is -2.40. The van der Waals surface area contributed by atoms with Crippen molar-refractivity contribution in [3.8, 4) is 0 Å². The van der Waals surface area contributed by atoms with Crippen LogP contribution in [0.2, 0.25) is 0 Å². The number of amides is 1. The van der Waals surface area contributed by atoms with Gasteiger partial charge in [0.2, 0.25) is 5.95 Å². The fourth-order valence-electron chi connectivity index (χ4n) is 3.19. The van der Waals surface area contributed by atoms with Gasteiger partial charge in [-0.05, 0) is 66.8 Å². The quantitative estimate of drug-likeness (QED) is 0.440. The van der Waals surface area contributed by atoms with Gasteiger partial charge in [0.05, 0.1) is 18.1 Å². The number of nitrogens with one attached hydrogen (secondary N) is 3. The number of carbonyl (C=O) groups is 1. The van der Waals surface area contributed by atoms with Crippen LogP contribution in [0.25, 0.3) is 0 Å². The molecule has 1 aromatic heterocycles. The highest BCUT2D eigenvalue weighted by Gasteiger charge is 2.18. The van der Waals surface area contributed by atoms with Crippen molar-refractivity contribution in [1.29, 1.82) is 0 Å². The second-order valence-electron chi connectivity index (χ2n) is 7.26. The van der Waals surface area contributed by atoms with Gasteiger partial charge in [-0.1, -0.05) is 0 Å². The lowest BCUT2D eigenvalue weighted by Gasteiger charge is -2.26. The predicted molar refractivity (Wildman–Crippen MR) is 132 cm³/mol. The van der Waals surface area contributed by atoms with E-state index in [1.165, 1.54) is 24.5 Å². The summed E-state index contributed by atoms with van der Waals surface area (Å²) in [6, 6.07) is 14.7. The predicted octanol–water partition coefficient (Wildman–Crippen LogP) is 2.56. The van der Waals surface area contributed by atoms with Crippen molar-refractivity contribution in [3.63, 3.8) is 0 Å². The molecule has 0 spiro atoms. The first kappa shape index (κ1) is 23.5. The van der Waals surface area contributed by atoms with E-state index in [-0.39, 0.29) is 16.8 Å². The van der Waals surface area contributed by atoms with Crippen molar-refractivity contribution in [1.82, 2.24) is 14.9 Å². The van der Waals surface area contributed by atoms with Crippen LogP contribution in [0.3, 0.4) is 0 Å². The van der Waals surface area contributed by atoms with Gasteiger partial charge in [0.25, 0.3) is 15.9 Å². The average Bonchev–Trinajstić information content (AvgIpc) is 2.85. The maximum absolute atomic E-state index is 12.5. The molecular weight excluding hydrogens is 476 g/mol. The third-order valence-electron chi connectivity index (χ3n) is 4.90. The number of hydrogen-bond acceptors (Lipinski definition) is 7. The highest BCUT2D eigenvalue weighted by Crippen LogP contribution is 2.17. The maximum atomic E-state index is 12.5. The van der Waals surface area contributed by atoms with E-state index in [4.69, 9.17) is 17.0 Å². The number of aromatic nitrogens is 2.